The number of nitrogens with one attached hydrogen (secondary N) is 2. The number of azo groups is 1. The number of benzene rings is 1. The molecule has 0 spiro atoms. The molecular formula is C19H22N6O2. The number of amides is 1. The Morgan fingerprint density at radius 3 is 2.70 bits per heavy atom. The van der Waals surface area contributed by atoms with Crippen LogP contribution in [0, 0.1) is 5.92 Å². The first-order chi connectivity index (χ1) is 13.1. The minimum atomic E-state index is -0.208. The van der Waals surface area contributed by atoms with Crippen molar-refractivity contribution in [3.8, 4) is 5.75 Å². The van der Waals surface area contributed by atoms with Gasteiger partial charge in [0.1, 0.15) is 23.0 Å². The van der Waals surface area contributed by atoms with Gasteiger partial charge in [-0.25, -0.2) is 4.98 Å². The van der Waals surface area contributed by atoms with E-state index in [1.54, 1.807) is 25.2 Å². The zero-order valence-corrected chi connectivity index (χ0v) is 15.1. The summed E-state index contributed by atoms with van der Waals surface area (Å²) in [6.07, 6.45) is 2.23. The summed E-state index contributed by atoms with van der Waals surface area (Å²) in [6, 6.07) is 10.6. The van der Waals surface area contributed by atoms with Crippen molar-refractivity contribution in [2.24, 2.45) is 16.1 Å². The highest BCUT2D eigenvalue weighted by atomic mass is 16.5. The number of allylic oxidation sites excluding steroid dienone is 1. The Labute approximate surface area is 157 Å². The lowest BCUT2D eigenvalue weighted by Crippen LogP contribution is -2.25. The van der Waals surface area contributed by atoms with Crippen LogP contribution < -0.4 is 21.1 Å². The molecule has 27 heavy (non-hydrogen) atoms. The molecule has 0 bridgehead atoms. The fourth-order valence-corrected chi connectivity index (χ4v) is 2.33. The molecule has 1 saturated carbocycles. The Morgan fingerprint density at radius 1 is 1.26 bits per heavy atom. The summed E-state index contributed by atoms with van der Waals surface area (Å²) >= 11 is 0. The SMILES string of the molecule is C=C(Oc1ccccc1N=Nc1ccc(NC(=O)CNC)nc1N)C1CC1. The molecule has 8 nitrogen and oxygen atoms in total. The summed E-state index contributed by atoms with van der Waals surface area (Å²) in [5.41, 5.74) is 6.90. The smallest absolute Gasteiger partial charge is 0.239 e. The maximum atomic E-state index is 11.6. The average molecular weight is 366 g/mol. The Morgan fingerprint density at radius 2 is 2.00 bits per heavy atom. The summed E-state index contributed by atoms with van der Waals surface area (Å²) in [5, 5.41) is 13.8. The van der Waals surface area contributed by atoms with Crippen molar-refractivity contribution in [1.82, 2.24) is 10.3 Å². The van der Waals surface area contributed by atoms with Gasteiger partial charge in [0.05, 0.1) is 6.54 Å². The quantitative estimate of drug-likeness (QED) is 0.488. The second-order valence-corrected chi connectivity index (χ2v) is 6.19. The fraction of sp³-hybridized carbons (Fsp3) is 0.263. The molecule has 0 atom stereocenters. The molecule has 0 radical (unpaired) electrons. The molecule has 1 aliphatic carbocycles. The van der Waals surface area contributed by atoms with Crippen molar-refractivity contribution in [3.63, 3.8) is 0 Å². The zero-order chi connectivity index (χ0) is 19.2. The number of nitrogens with zero attached hydrogens (tertiary/aromatic N) is 3. The highest BCUT2D eigenvalue weighted by molar-refractivity contribution is 5.91. The van der Waals surface area contributed by atoms with Crippen molar-refractivity contribution in [2.45, 2.75) is 12.8 Å². The van der Waals surface area contributed by atoms with Gasteiger partial charge in [-0.3, -0.25) is 4.79 Å². The van der Waals surface area contributed by atoms with Crippen molar-refractivity contribution < 1.29 is 9.53 Å². The Kier molecular flexibility index (Phi) is 5.77. The first-order valence-corrected chi connectivity index (χ1v) is 8.65. The van der Waals surface area contributed by atoms with E-state index in [0.29, 0.717) is 28.9 Å². The van der Waals surface area contributed by atoms with E-state index in [1.807, 2.05) is 18.2 Å². The third-order valence-corrected chi connectivity index (χ3v) is 3.91. The number of likely N-dealkylation sites (N-methyl/N-ethyl adjacent to an activating group) is 1. The minimum absolute atomic E-state index is 0.168. The molecule has 1 amide bonds. The van der Waals surface area contributed by atoms with Crippen molar-refractivity contribution in [2.75, 3.05) is 24.6 Å². The van der Waals surface area contributed by atoms with Gasteiger partial charge in [0.2, 0.25) is 5.91 Å². The predicted octanol–water partition coefficient (Wildman–Crippen LogP) is 3.54. The maximum Gasteiger partial charge on any atom is 0.239 e. The number of aromatic nitrogens is 1. The van der Waals surface area contributed by atoms with Crippen molar-refractivity contribution >= 4 is 28.9 Å². The number of nitrogen functional groups attached to an aromatic ring is 1. The summed E-state index contributed by atoms with van der Waals surface area (Å²) in [7, 11) is 1.69. The van der Waals surface area contributed by atoms with Crippen LogP contribution in [0.4, 0.5) is 23.0 Å². The monoisotopic (exact) mass is 366 g/mol. The van der Waals surface area contributed by atoms with Gasteiger partial charge in [-0.05, 0) is 44.2 Å². The molecule has 1 aromatic heterocycles. The molecule has 1 aliphatic rings. The number of hydrogen-bond acceptors (Lipinski definition) is 7. The van der Waals surface area contributed by atoms with E-state index in [0.717, 1.165) is 18.6 Å². The number of carbonyl (C=O) groups excluding carboxylic acids is 1. The molecule has 1 fully saturated rings. The van der Waals surface area contributed by atoms with Gasteiger partial charge in [-0.15, -0.1) is 10.2 Å². The highest BCUT2D eigenvalue weighted by Crippen LogP contribution is 2.39. The molecule has 0 saturated heterocycles. The van der Waals surface area contributed by atoms with E-state index in [-0.39, 0.29) is 18.3 Å². The lowest BCUT2D eigenvalue weighted by molar-refractivity contribution is -0.115. The van der Waals surface area contributed by atoms with E-state index >= 15 is 0 Å². The first kappa shape index (κ1) is 18.5. The van der Waals surface area contributed by atoms with Gasteiger partial charge in [0.15, 0.2) is 11.6 Å². The van der Waals surface area contributed by atoms with Gasteiger partial charge >= 0.3 is 0 Å². The topological polar surface area (TPSA) is 114 Å². The first-order valence-electron chi connectivity index (χ1n) is 8.65. The summed E-state index contributed by atoms with van der Waals surface area (Å²) in [5.74, 6) is 2.10. The predicted molar refractivity (Wildman–Crippen MR) is 104 cm³/mol. The number of hydrogen-bond donors (Lipinski definition) is 3. The Balaban J connectivity index is 1.72. The molecule has 0 unspecified atom stereocenters. The summed E-state index contributed by atoms with van der Waals surface area (Å²) < 4.78 is 5.83. The van der Waals surface area contributed by atoms with E-state index in [4.69, 9.17) is 10.5 Å². The van der Waals surface area contributed by atoms with Crippen LogP contribution in [0.5, 0.6) is 5.75 Å². The van der Waals surface area contributed by atoms with E-state index < -0.39 is 0 Å². The molecule has 8 heteroatoms. The normalized spacial score (nSPS) is 13.5. The number of para-hydroxylation sites is 1. The molecule has 2 aromatic rings. The second-order valence-electron chi connectivity index (χ2n) is 6.19. The van der Waals surface area contributed by atoms with Crippen LogP contribution in [0.3, 0.4) is 0 Å². The van der Waals surface area contributed by atoms with Gasteiger partial charge in [-0.1, -0.05) is 18.7 Å². The standard InChI is InChI=1S/C19H22N6O2/c1-12(13-7-8-13)27-16-6-4-3-5-14(16)24-25-15-9-10-17(23-19(15)20)22-18(26)11-21-2/h3-6,9-10,13,21H,1,7-8,11H2,2H3,(H3,20,22,23,26). The number of ether oxygens (including phenoxy) is 1. The van der Waals surface area contributed by atoms with Gasteiger partial charge in [-0.2, -0.15) is 0 Å². The molecule has 1 aromatic carbocycles. The lowest BCUT2D eigenvalue weighted by atomic mass is 10.3. The number of nitrogens with two attached hydrogens (primary N) is 1. The minimum Gasteiger partial charge on any atom is -0.460 e. The molecule has 1 heterocycles. The summed E-state index contributed by atoms with van der Waals surface area (Å²) in [4.78, 5) is 15.7. The number of rotatable bonds is 8. The van der Waals surface area contributed by atoms with Crippen LogP contribution in [0.15, 0.2) is 59.0 Å². The number of carbonyl (C=O) groups is 1. The molecule has 3 rings (SSSR count). The zero-order valence-electron chi connectivity index (χ0n) is 15.1. The van der Waals surface area contributed by atoms with E-state index in [1.165, 1.54) is 0 Å². The van der Waals surface area contributed by atoms with Crippen LogP contribution >= 0.6 is 0 Å². The second kappa shape index (κ2) is 8.41. The fourth-order valence-electron chi connectivity index (χ4n) is 2.33. The van der Waals surface area contributed by atoms with Crippen LogP contribution in [0.25, 0.3) is 0 Å². The van der Waals surface area contributed by atoms with E-state index in [2.05, 4.69) is 32.4 Å². The number of anilines is 2. The van der Waals surface area contributed by atoms with Crippen LogP contribution in [0.2, 0.25) is 0 Å². The lowest BCUT2D eigenvalue weighted by Gasteiger charge is -2.09. The molecule has 4 N–H and O–H groups in total. The largest absolute Gasteiger partial charge is 0.460 e. The molecular weight excluding hydrogens is 344 g/mol. The van der Waals surface area contributed by atoms with Crippen LogP contribution in [-0.4, -0.2) is 24.5 Å². The van der Waals surface area contributed by atoms with Crippen molar-refractivity contribution in [3.05, 3.63) is 48.7 Å². The molecule has 140 valence electrons. The van der Waals surface area contributed by atoms with Gasteiger partial charge < -0.3 is 21.1 Å². The van der Waals surface area contributed by atoms with Crippen molar-refractivity contribution in [1.29, 1.82) is 0 Å². The van der Waals surface area contributed by atoms with E-state index in [9.17, 15) is 4.79 Å². The van der Waals surface area contributed by atoms with Crippen LogP contribution in [0.1, 0.15) is 12.8 Å². The van der Waals surface area contributed by atoms with Gasteiger partial charge in [0.25, 0.3) is 0 Å². The summed E-state index contributed by atoms with van der Waals surface area (Å²) in [6.45, 7) is 4.15. The third-order valence-electron chi connectivity index (χ3n) is 3.91. The number of pyridine rings is 1. The third kappa shape index (κ3) is 5.11. The highest BCUT2D eigenvalue weighted by Gasteiger charge is 2.26. The maximum absolute atomic E-state index is 11.6. The molecule has 0 aliphatic heterocycles. The van der Waals surface area contributed by atoms with Gasteiger partial charge in [0, 0.05) is 5.92 Å². The average Bonchev–Trinajstić information content (AvgIpc) is 3.47. The van der Waals surface area contributed by atoms with Crippen LogP contribution in [-0.2, 0) is 4.79 Å². The Bertz CT molecular complexity index is 876. The Hall–Kier alpha value is -3.26.